The van der Waals surface area contributed by atoms with Gasteiger partial charge in [-0.15, -0.1) is 0 Å². The first-order chi connectivity index (χ1) is 31.2. The van der Waals surface area contributed by atoms with E-state index in [2.05, 4.69) is 129 Å². The number of hydrogen-bond acceptors (Lipinski definition) is 3. The highest BCUT2D eigenvalue weighted by molar-refractivity contribution is 5.76. The fourth-order valence-corrected chi connectivity index (χ4v) is 7.54. The Morgan fingerprint density at radius 2 is 0.683 bits per heavy atom. The lowest BCUT2D eigenvalue weighted by molar-refractivity contribution is -0.123. The summed E-state index contributed by atoms with van der Waals surface area (Å²) in [4.78, 5) is 12.5. The van der Waals surface area contributed by atoms with Gasteiger partial charge < -0.3 is 15.5 Å². The van der Waals surface area contributed by atoms with Crippen molar-refractivity contribution in [1.29, 1.82) is 0 Å². The Morgan fingerprint density at radius 3 is 0.984 bits per heavy atom. The molecule has 0 radical (unpaired) electrons. The Kier molecular flexibility index (Phi) is 50.9. The summed E-state index contributed by atoms with van der Waals surface area (Å²) >= 11 is 0. The van der Waals surface area contributed by atoms with Crippen LogP contribution < -0.4 is 5.32 Å². The minimum Gasteiger partial charge on any atom is -0.394 e. The lowest BCUT2D eigenvalue weighted by Crippen LogP contribution is -2.45. The van der Waals surface area contributed by atoms with Gasteiger partial charge in [0.2, 0.25) is 5.91 Å². The van der Waals surface area contributed by atoms with Gasteiger partial charge in [-0.25, -0.2) is 0 Å². The second kappa shape index (κ2) is 53.4. The highest BCUT2D eigenvalue weighted by atomic mass is 16.3. The normalized spacial score (nSPS) is 13.8. The Morgan fingerprint density at radius 1 is 0.397 bits per heavy atom. The highest BCUT2D eigenvalue weighted by Gasteiger charge is 2.19. The van der Waals surface area contributed by atoms with Crippen molar-refractivity contribution >= 4 is 5.91 Å². The molecule has 0 saturated heterocycles. The fraction of sp³-hybridized carbons (Fsp3) is 0.678. The Hall–Kier alpha value is -2.95. The van der Waals surface area contributed by atoms with Crippen molar-refractivity contribution in [3.05, 3.63) is 109 Å². The first-order valence-corrected chi connectivity index (χ1v) is 26.6. The average Bonchev–Trinajstić information content (AvgIpc) is 3.29. The van der Waals surface area contributed by atoms with Crippen LogP contribution in [0.5, 0.6) is 0 Å². The van der Waals surface area contributed by atoms with Gasteiger partial charge >= 0.3 is 0 Å². The molecule has 360 valence electrons. The van der Waals surface area contributed by atoms with Crippen molar-refractivity contribution in [2.45, 2.75) is 251 Å². The number of nitrogens with one attached hydrogen (secondary N) is 1. The van der Waals surface area contributed by atoms with Crippen LogP contribution in [0.3, 0.4) is 0 Å². The van der Waals surface area contributed by atoms with Gasteiger partial charge in [0, 0.05) is 6.42 Å². The first-order valence-electron chi connectivity index (χ1n) is 26.6. The number of rotatable bonds is 47. The summed E-state index contributed by atoms with van der Waals surface area (Å²) < 4.78 is 0. The molecule has 0 aliphatic rings. The quantitative estimate of drug-likeness (QED) is 0.0421. The lowest BCUT2D eigenvalue weighted by Gasteiger charge is -2.22. The molecule has 2 atom stereocenters. The molecule has 0 aromatic heterocycles. The third-order valence-electron chi connectivity index (χ3n) is 11.5. The number of hydrogen-bond donors (Lipinski definition) is 3. The van der Waals surface area contributed by atoms with Gasteiger partial charge in [-0.3, -0.25) is 4.79 Å². The van der Waals surface area contributed by atoms with Crippen LogP contribution in [0.15, 0.2) is 109 Å². The van der Waals surface area contributed by atoms with Gasteiger partial charge in [-0.1, -0.05) is 264 Å². The van der Waals surface area contributed by atoms with Crippen LogP contribution in [-0.2, 0) is 4.79 Å². The Balaban J connectivity index is 3.67. The van der Waals surface area contributed by atoms with Crippen molar-refractivity contribution < 1.29 is 15.0 Å². The summed E-state index contributed by atoms with van der Waals surface area (Å²) in [5.74, 6) is -0.0914. The number of carbonyl (C=O) groups excluding carboxylic acids is 1. The predicted octanol–water partition coefficient (Wildman–Crippen LogP) is 17.5. The molecule has 0 fully saturated rings. The van der Waals surface area contributed by atoms with E-state index in [4.69, 9.17) is 0 Å². The van der Waals surface area contributed by atoms with E-state index >= 15 is 0 Å². The summed E-state index contributed by atoms with van der Waals surface area (Å²) in [5, 5.41) is 23.3. The SMILES string of the molecule is CC/C=C\C/C=C\C/C=C\C/C=C\C/C=C\C/C=C\C/C=C\C/C=C\C/C=C\CCCC(=O)NC(CO)C(O)CCCCCCCCCCCCCCCCCCCCCCCC. The molecule has 0 aliphatic carbocycles. The summed E-state index contributed by atoms with van der Waals surface area (Å²) in [6.45, 7) is 4.23. The molecule has 4 heteroatoms. The van der Waals surface area contributed by atoms with Crippen molar-refractivity contribution in [1.82, 2.24) is 5.32 Å². The van der Waals surface area contributed by atoms with E-state index in [1.165, 1.54) is 128 Å². The second-order valence-electron chi connectivity index (χ2n) is 17.6. The number of carbonyl (C=O) groups is 1. The topological polar surface area (TPSA) is 69.6 Å². The van der Waals surface area contributed by atoms with Crippen LogP contribution in [0.1, 0.15) is 239 Å². The number of amides is 1. The molecule has 1 amide bonds. The Labute approximate surface area is 391 Å². The molecule has 0 rings (SSSR count). The third kappa shape index (κ3) is 49.9. The molecule has 3 N–H and O–H groups in total. The maximum atomic E-state index is 12.5. The highest BCUT2D eigenvalue weighted by Crippen LogP contribution is 2.16. The fourth-order valence-electron chi connectivity index (χ4n) is 7.54. The predicted molar refractivity (Wildman–Crippen MR) is 280 cm³/mol. The van der Waals surface area contributed by atoms with Gasteiger partial charge in [0.05, 0.1) is 18.8 Å². The van der Waals surface area contributed by atoms with Crippen LogP contribution in [0, 0.1) is 0 Å². The summed E-state index contributed by atoms with van der Waals surface area (Å²) in [6.07, 6.45) is 80.6. The number of aliphatic hydroxyl groups is 2. The molecule has 63 heavy (non-hydrogen) atoms. The first kappa shape index (κ1) is 60.1. The number of allylic oxidation sites excluding steroid dienone is 18. The zero-order valence-corrected chi connectivity index (χ0v) is 41.3. The van der Waals surface area contributed by atoms with Crippen molar-refractivity contribution in [2.24, 2.45) is 0 Å². The zero-order chi connectivity index (χ0) is 45.6. The summed E-state index contributed by atoms with van der Waals surface area (Å²) in [6, 6.07) is -0.576. The van der Waals surface area contributed by atoms with Gasteiger partial charge in [0.15, 0.2) is 0 Å². The van der Waals surface area contributed by atoms with Gasteiger partial charge in [0.25, 0.3) is 0 Å². The minimum atomic E-state index is -0.692. The molecule has 2 unspecified atom stereocenters. The smallest absolute Gasteiger partial charge is 0.220 e. The average molecular weight is 872 g/mol. The van der Waals surface area contributed by atoms with Gasteiger partial charge in [-0.05, 0) is 77.0 Å². The molecular weight excluding hydrogens is 771 g/mol. The van der Waals surface area contributed by atoms with Crippen molar-refractivity contribution in [3.8, 4) is 0 Å². The molecule has 0 spiro atoms. The van der Waals surface area contributed by atoms with E-state index in [1.807, 2.05) is 0 Å². The number of unbranched alkanes of at least 4 members (excludes halogenated alkanes) is 22. The third-order valence-corrected chi connectivity index (χ3v) is 11.5. The molecule has 0 saturated carbocycles. The summed E-state index contributed by atoms with van der Waals surface area (Å²) in [7, 11) is 0. The maximum Gasteiger partial charge on any atom is 0.220 e. The molecule has 0 aromatic carbocycles. The number of aliphatic hydroxyl groups excluding tert-OH is 2. The van der Waals surface area contributed by atoms with Crippen LogP contribution in [0.4, 0.5) is 0 Å². The molecule has 0 heterocycles. The zero-order valence-electron chi connectivity index (χ0n) is 41.3. The van der Waals surface area contributed by atoms with E-state index < -0.39 is 12.1 Å². The van der Waals surface area contributed by atoms with Gasteiger partial charge in [-0.2, -0.15) is 0 Å². The van der Waals surface area contributed by atoms with E-state index in [0.29, 0.717) is 12.8 Å². The van der Waals surface area contributed by atoms with Gasteiger partial charge in [0.1, 0.15) is 0 Å². The van der Waals surface area contributed by atoms with E-state index in [9.17, 15) is 15.0 Å². The lowest BCUT2D eigenvalue weighted by atomic mass is 10.0. The minimum absolute atomic E-state index is 0.0914. The molecule has 0 aromatic rings. The summed E-state index contributed by atoms with van der Waals surface area (Å²) in [5.41, 5.74) is 0. The second-order valence-corrected chi connectivity index (χ2v) is 17.6. The standard InChI is InChI=1S/C59H101NO3/c1-3-5-7-9-11-13-15-17-19-21-23-25-27-28-29-30-31-32-33-35-37-39-41-43-45-47-49-51-53-55-59(63)60-57(56-61)58(62)54-52-50-48-46-44-42-40-38-36-34-26-24-22-20-18-16-14-12-10-8-6-4-2/h5,7,11,13,17,19,23,25,28-29,31-32,35,37,41,43,47,49,57-58,61-62H,3-4,6,8-10,12,14-16,18,20-22,24,26-27,30,33-34,36,38-40,42,44-46,48,50-56H2,1-2H3,(H,60,63)/b7-5-,13-11-,19-17-,25-23-,29-28-,32-31-,37-35-,43-41-,49-47-. The van der Waals surface area contributed by atoms with E-state index in [0.717, 1.165) is 83.5 Å². The van der Waals surface area contributed by atoms with Crippen molar-refractivity contribution in [2.75, 3.05) is 6.61 Å². The van der Waals surface area contributed by atoms with E-state index in [1.54, 1.807) is 0 Å². The van der Waals surface area contributed by atoms with Crippen LogP contribution in [0.25, 0.3) is 0 Å². The van der Waals surface area contributed by atoms with Crippen LogP contribution in [0.2, 0.25) is 0 Å². The molecular formula is C59H101NO3. The monoisotopic (exact) mass is 872 g/mol. The molecule has 0 bridgehead atoms. The Bertz CT molecular complexity index is 1220. The van der Waals surface area contributed by atoms with E-state index in [-0.39, 0.29) is 12.5 Å². The maximum absolute atomic E-state index is 12.5. The van der Waals surface area contributed by atoms with Crippen LogP contribution >= 0.6 is 0 Å². The van der Waals surface area contributed by atoms with Crippen molar-refractivity contribution in [3.63, 3.8) is 0 Å². The largest absolute Gasteiger partial charge is 0.394 e. The molecule has 0 aliphatic heterocycles. The van der Waals surface area contributed by atoms with Crippen LogP contribution in [-0.4, -0.2) is 34.9 Å². The molecule has 4 nitrogen and oxygen atoms in total.